The molecule has 2 N–H and O–H groups in total. The summed E-state index contributed by atoms with van der Waals surface area (Å²) in [5, 5.41) is 9.04. The van der Waals surface area contributed by atoms with Crippen molar-refractivity contribution in [3.05, 3.63) is 33.1 Å². The van der Waals surface area contributed by atoms with E-state index in [1.165, 1.54) is 16.8 Å². The van der Waals surface area contributed by atoms with Gasteiger partial charge in [0.1, 0.15) is 6.23 Å². The summed E-state index contributed by atoms with van der Waals surface area (Å²) in [7, 11) is 0. The number of aliphatic hydroxyl groups is 1. The maximum absolute atomic E-state index is 11.5. The van der Waals surface area contributed by atoms with E-state index in [0.717, 1.165) is 0 Å². The van der Waals surface area contributed by atoms with Gasteiger partial charge in [-0.2, -0.15) is 0 Å². The second-order valence-corrected chi connectivity index (χ2v) is 4.04. The number of ether oxygens (including phenoxy) is 1. The first-order chi connectivity index (χ1) is 7.61. The van der Waals surface area contributed by atoms with E-state index in [1.54, 1.807) is 0 Å². The van der Waals surface area contributed by atoms with Gasteiger partial charge in [-0.1, -0.05) is 6.92 Å². The van der Waals surface area contributed by atoms with Crippen LogP contribution in [0.2, 0.25) is 0 Å². The molecule has 1 aromatic heterocycles. The first kappa shape index (κ1) is 11.1. The molecule has 0 aliphatic carbocycles. The van der Waals surface area contributed by atoms with Crippen LogP contribution in [0.25, 0.3) is 0 Å². The quantitative estimate of drug-likeness (QED) is 0.708. The molecular formula is C10H14N2O4. The van der Waals surface area contributed by atoms with Crippen molar-refractivity contribution in [2.24, 2.45) is 5.92 Å². The minimum absolute atomic E-state index is 0.0598. The van der Waals surface area contributed by atoms with Gasteiger partial charge >= 0.3 is 5.69 Å². The molecule has 0 amide bonds. The van der Waals surface area contributed by atoms with Gasteiger partial charge < -0.3 is 9.84 Å². The van der Waals surface area contributed by atoms with Gasteiger partial charge in [-0.25, -0.2) is 4.79 Å². The predicted molar refractivity (Wildman–Crippen MR) is 56.1 cm³/mol. The Morgan fingerprint density at radius 2 is 2.38 bits per heavy atom. The fourth-order valence-electron chi connectivity index (χ4n) is 1.92. The zero-order valence-corrected chi connectivity index (χ0v) is 8.92. The molecule has 1 aromatic rings. The molecule has 0 bridgehead atoms. The zero-order chi connectivity index (χ0) is 11.7. The number of aliphatic hydroxyl groups excluding tert-OH is 1. The van der Waals surface area contributed by atoms with Gasteiger partial charge in [0.15, 0.2) is 0 Å². The molecule has 6 nitrogen and oxygen atoms in total. The molecule has 0 aromatic carbocycles. The number of nitrogens with one attached hydrogen (secondary N) is 1. The molecule has 0 spiro atoms. The van der Waals surface area contributed by atoms with Crippen LogP contribution >= 0.6 is 0 Å². The fourth-order valence-corrected chi connectivity index (χ4v) is 1.92. The molecule has 3 atom stereocenters. The lowest BCUT2D eigenvalue weighted by atomic mass is 10.0. The van der Waals surface area contributed by atoms with E-state index in [1.807, 2.05) is 6.92 Å². The van der Waals surface area contributed by atoms with E-state index in [0.29, 0.717) is 6.42 Å². The van der Waals surface area contributed by atoms with E-state index in [4.69, 9.17) is 9.84 Å². The number of hydrogen-bond acceptors (Lipinski definition) is 4. The summed E-state index contributed by atoms with van der Waals surface area (Å²) < 4.78 is 6.86. The van der Waals surface area contributed by atoms with Crippen LogP contribution < -0.4 is 11.2 Å². The Morgan fingerprint density at radius 3 is 2.94 bits per heavy atom. The van der Waals surface area contributed by atoms with Gasteiger partial charge in [-0.3, -0.25) is 14.3 Å². The first-order valence-corrected chi connectivity index (χ1v) is 5.19. The molecule has 0 unspecified atom stereocenters. The van der Waals surface area contributed by atoms with Gasteiger partial charge in [-0.15, -0.1) is 0 Å². The molecule has 16 heavy (non-hydrogen) atoms. The molecule has 2 heterocycles. The summed E-state index contributed by atoms with van der Waals surface area (Å²) >= 11 is 0. The highest BCUT2D eigenvalue weighted by molar-refractivity contribution is 4.87. The Labute approximate surface area is 91.5 Å². The van der Waals surface area contributed by atoms with E-state index in [9.17, 15) is 9.59 Å². The van der Waals surface area contributed by atoms with Crippen molar-refractivity contribution < 1.29 is 9.84 Å². The summed E-state index contributed by atoms with van der Waals surface area (Å²) in [5.74, 6) is 0.189. The van der Waals surface area contributed by atoms with E-state index in [2.05, 4.69) is 4.98 Å². The topological polar surface area (TPSA) is 84.3 Å². The van der Waals surface area contributed by atoms with Crippen LogP contribution in [0.15, 0.2) is 21.9 Å². The Kier molecular flexibility index (Phi) is 2.93. The highest BCUT2D eigenvalue weighted by Gasteiger charge is 2.32. The third-order valence-corrected chi connectivity index (χ3v) is 2.88. The molecule has 1 aliphatic rings. The van der Waals surface area contributed by atoms with Crippen molar-refractivity contribution in [2.75, 3.05) is 6.61 Å². The summed E-state index contributed by atoms with van der Waals surface area (Å²) in [6, 6.07) is 1.28. The monoisotopic (exact) mass is 226 g/mol. The molecule has 0 saturated carbocycles. The van der Waals surface area contributed by atoms with Crippen LogP contribution in [-0.4, -0.2) is 27.4 Å². The van der Waals surface area contributed by atoms with Crippen LogP contribution in [0.5, 0.6) is 0 Å². The normalized spacial score (nSPS) is 29.5. The third-order valence-electron chi connectivity index (χ3n) is 2.88. The molecule has 1 saturated heterocycles. The van der Waals surface area contributed by atoms with Crippen LogP contribution in [0, 0.1) is 5.92 Å². The minimum atomic E-state index is -0.483. The number of aromatic nitrogens is 2. The maximum Gasteiger partial charge on any atom is 0.330 e. The Hall–Kier alpha value is -1.40. The molecule has 0 radical (unpaired) electrons. The lowest BCUT2D eigenvalue weighted by Crippen LogP contribution is -2.31. The number of aromatic amines is 1. The molecule has 2 rings (SSSR count). The van der Waals surface area contributed by atoms with Crippen molar-refractivity contribution in [1.29, 1.82) is 0 Å². The number of hydrogen-bond donors (Lipinski definition) is 2. The predicted octanol–water partition coefficient (Wildman–Crippen LogP) is -0.548. The third kappa shape index (κ3) is 1.94. The highest BCUT2D eigenvalue weighted by Crippen LogP contribution is 2.31. The lowest BCUT2D eigenvalue weighted by Gasteiger charge is -2.14. The standard InChI is InChI=1S/C10H14N2O4/c1-6-4-9(16-7(6)5-13)12-3-2-8(14)11-10(12)15/h2-3,6-7,9,13H,4-5H2,1H3,(H,11,14,15)/t6-,7+,9+/m0/s1. The molecular weight excluding hydrogens is 212 g/mol. The number of rotatable bonds is 2. The smallest absolute Gasteiger partial charge is 0.330 e. The Balaban J connectivity index is 2.27. The second-order valence-electron chi connectivity index (χ2n) is 4.04. The highest BCUT2D eigenvalue weighted by atomic mass is 16.5. The molecule has 1 aliphatic heterocycles. The van der Waals surface area contributed by atoms with Crippen molar-refractivity contribution in [1.82, 2.24) is 9.55 Å². The summed E-state index contributed by atoms with van der Waals surface area (Å²) in [4.78, 5) is 24.6. The minimum Gasteiger partial charge on any atom is -0.394 e. The van der Waals surface area contributed by atoms with Gasteiger partial charge in [0, 0.05) is 12.3 Å². The largest absolute Gasteiger partial charge is 0.394 e. The van der Waals surface area contributed by atoms with Crippen molar-refractivity contribution in [3.63, 3.8) is 0 Å². The number of H-pyrrole nitrogens is 1. The second kappa shape index (κ2) is 4.23. The maximum atomic E-state index is 11.5. The van der Waals surface area contributed by atoms with Crippen LogP contribution in [0.1, 0.15) is 19.6 Å². The summed E-state index contributed by atoms with van der Waals surface area (Å²) in [6.07, 6.45) is 1.41. The number of nitrogens with zero attached hydrogens (tertiary/aromatic N) is 1. The summed E-state index contributed by atoms with van der Waals surface area (Å²) in [6.45, 7) is 1.90. The lowest BCUT2D eigenvalue weighted by molar-refractivity contribution is -0.0313. The van der Waals surface area contributed by atoms with Crippen LogP contribution in [0.4, 0.5) is 0 Å². The van der Waals surface area contributed by atoms with Gasteiger partial charge in [0.2, 0.25) is 0 Å². The SMILES string of the molecule is C[C@H]1C[C@H](n2ccc(=O)[nH]c2=O)O[C@@H]1CO. The van der Waals surface area contributed by atoms with Gasteiger partial charge in [0.05, 0.1) is 12.7 Å². The van der Waals surface area contributed by atoms with E-state index < -0.39 is 17.5 Å². The van der Waals surface area contributed by atoms with Crippen molar-refractivity contribution in [2.45, 2.75) is 25.7 Å². The Bertz CT molecular complexity index is 478. The van der Waals surface area contributed by atoms with E-state index >= 15 is 0 Å². The van der Waals surface area contributed by atoms with Crippen molar-refractivity contribution >= 4 is 0 Å². The average molecular weight is 226 g/mol. The van der Waals surface area contributed by atoms with Gasteiger partial charge in [-0.05, 0) is 12.3 Å². The van der Waals surface area contributed by atoms with Crippen LogP contribution in [0.3, 0.4) is 0 Å². The fraction of sp³-hybridized carbons (Fsp3) is 0.600. The molecule has 1 fully saturated rings. The first-order valence-electron chi connectivity index (χ1n) is 5.19. The zero-order valence-electron chi connectivity index (χ0n) is 8.92. The Morgan fingerprint density at radius 1 is 1.62 bits per heavy atom. The summed E-state index contributed by atoms with van der Waals surface area (Å²) in [5.41, 5.74) is -0.908. The molecule has 6 heteroatoms. The van der Waals surface area contributed by atoms with Gasteiger partial charge in [0.25, 0.3) is 5.56 Å². The average Bonchev–Trinajstić information content (AvgIpc) is 2.59. The molecule has 88 valence electrons. The van der Waals surface area contributed by atoms with E-state index in [-0.39, 0.29) is 18.6 Å². The van der Waals surface area contributed by atoms with Crippen molar-refractivity contribution in [3.8, 4) is 0 Å². The van der Waals surface area contributed by atoms with Crippen LogP contribution in [-0.2, 0) is 4.74 Å².